The zero-order valence-electron chi connectivity index (χ0n) is 15.4. The van der Waals surface area contributed by atoms with Gasteiger partial charge in [-0.2, -0.15) is 0 Å². The molecule has 2 aromatic rings. The minimum Gasteiger partial charge on any atom is -0.495 e. The molecule has 0 spiro atoms. The molecule has 7 heteroatoms. The van der Waals surface area contributed by atoms with Crippen LogP contribution < -0.4 is 20.1 Å². The van der Waals surface area contributed by atoms with Gasteiger partial charge in [-0.3, -0.25) is 0 Å². The molecule has 2 N–H and O–H groups in total. The number of carbonyl (C=O) groups excluding carboxylic acids is 1. The molecule has 6 nitrogen and oxygen atoms in total. The van der Waals surface area contributed by atoms with Gasteiger partial charge in [0.25, 0.3) is 0 Å². The number of hydrogen-bond acceptors (Lipinski definition) is 4. The SMILES string of the molecule is COc1cc(NC(=O)NCc2ccccc2CN(C)C)c(OC)cc1Cl. The third kappa shape index (κ3) is 5.28. The lowest BCUT2D eigenvalue weighted by atomic mass is 10.1. The molecular weight excluding hydrogens is 354 g/mol. The fraction of sp³-hybridized carbons (Fsp3) is 0.316. The van der Waals surface area contributed by atoms with Crippen molar-refractivity contribution in [1.29, 1.82) is 0 Å². The summed E-state index contributed by atoms with van der Waals surface area (Å²) in [6.07, 6.45) is 0. The van der Waals surface area contributed by atoms with Crippen molar-refractivity contribution < 1.29 is 14.3 Å². The minimum absolute atomic E-state index is 0.340. The Hall–Kier alpha value is -2.44. The molecule has 0 unspecified atom stereocenters. The van der Waals surface area contributed by atoms with Gasteiger partial charge >= 0.3 is 6.03 Å². The largest absolute Gasteiger partial charge is 0.495 e. The van der Waals surface area contributed by atoms with E-state index in [-0.39, 0.29) is 6.03 Å². The van der Waals surface area contributed by atoms with Gasteiger partial charge in [-0.1, -0.05) is 35.9 Å². The van der Waals surface area contributed by atoms with Crippen LogP contribution in [0.5, 0.6) is 11.5 Å². The lowest BCUT2D eigenvalue weighted by molar-refractivity contribution is 0.251. The van der Waals surface area contributed by atoms with E-state index in [4.69, 9.17) is 21.1 Å². The van der Waals surface area contributed by atoms with Crippen molar-refractivity contribution in [3.63, 3.8) is 0 Å². The smallest absolute Gasteiger partial charge is 0.319 e. The number of halogens is 1. The number of anilines is 1. The van der Waals surface area contributed by atoms with Crippen molar-refractivity contribution in [2.24, 2.45) is 0 Å². The Kier molecular flexibility index (Phi) is 7.12. The molecule has 0 aliphatic carbocycles. The molecule has 26 heavy (non-hydrogen) atoms. The Morgan fingerprint density at radius 3 is 2.35 bits per heavy atom. The molecule has 140 valence electrons. The van der Waals surface area contributed by atoms with Crippen molar-refractivity contribution in [1.82, 2.24) is 10.2 Å². The van der Waals surface area contributed by atoms with Gasteiger partial charge in [0, 0.05) is 25.2 Å². The monoisotopic (exact) mass is 377 g/mol. The number of benzene rings is 2. The average molecular weight is 378 g/mol. The average Bonchev–Trinajstić information content (AvgIpc) is 2.61. The maximum Gasteiger partial charge on any atom is 0.319 e. The van der Waals surface area contributed by atoms with E-state index in [0.29, 0.717) is 28.8 Å². The number of nitrogens with zero attached hydrogens (tertiary/aromatic N) is 1. The number of nitrogens with one attached hydrogen (secondary N) is 2. The molecule has 0 aliphatic heterocycles. The van der Waals surface area contributed by atoms with Gasteiger partial charge in [-0.15, -0.1) is 0 Å². The van der Waals surface area contributed by atoms with E-state index in [0.717, 1.165) is 12.1 Å². The lowest BCUT2D eigenvalue weighted by Gasteiger charge is -2.16. The summed E-state index contributed by atoms with van der Waals surface area (Å²) in [5.74, 6) is 0.915. The number of amides is 2. The molecule has 0 fully saturated rings. The second kappa shape index (κ2) is 9.31. The highest BCUT2D eigenvalue weighted by atomic mass is 35.5. The number of methoxy groups -OCH3 is 2. The molecule has 2 rings (SSSR count). The van der Waals surface area contributed by atoms with E-state index in [1.54, 1.807) is 12.1 Å². The maximum atomic E-state index is 12.3. The normalized spacial score (nSPS) is 10.5. The fourth-order valence-electron chi connectivity index (χ4n) is 2.53. The summed E-state index contributed by atoms with van der Waals surface area (Å²) in [4.78, 5) is 14.4. The Balaban J connectivity index is 2.06. The van der Waals surface area contributed by atoms with Crippen molar-refractivity contribution >= 4 is 23.3 Å². The second-order valence-electron chi connectivity index (χ2n) is 6.00. The second-order valence-corrected chi connectivity index (χ2v) is 6.41. The molecule has 0 radical (unpaired) electrons. The van der Waals surface area contributed by atoms with Crippen LogP contribution in [0.3, 0.4) is 0 Å². The number of carbonyl (C=O) groups is 1. The third-order valence-electron chi connectivity index (χ3n) is 3.77. The Morgan fingerprint density at radius 2 is 1.73 bits per heavy atom. The topological polar surface area (TPSA) is 62.8 Å². The van der Waals surface area contributed by atoms with Crippen molar-refractivity contribution in [3.8, 4) is 11.5 Å². The number of urea groups is 1. The van der Waals surface area contributed by atoms with Crippen molar-refractivity contribution in [2.75, 3.05) is 33.6 Å². The summed E-state index contributed by atoms with van der Waals surface area (Å²) in [5, 5.41) is 6.05. The van der Waals surface area contributed by atoms with Crippen LogP contribution in [0, 0.1) is 0 Å². The molecule has 0 heterocycles. The summed E-state index contributed by atoms with van der Waals surface area (Å²) in [5.41, 5.74) is 2.72. The minimum atomic E-state index is -0.340. The van der Waals surface area contributed by atoms with Gasteiger partial charge in [-0.25, -0.2) is 4.79 Å². The van der Waals surface area contributed by atoms with Gasteiger partial charge in [0.05, 0.1) is 24.9 Å². The summed E-state index contributed by atoms with van der Waals surface area (Å²) < 4.78 is 10.4. The van der Waals surface area contributed by atoms with Gasteiger partial charge in [-0.05, 0) is 25.2 Å². The van der Waals surface area contributed by atoms with Crippen molar-refractivity contribution in [2.45, 2.75) is 13.1 Å². The molecule has 0 bridgehead atoms. The molecule has 2 amide bonds. The van der Waals surface area contributed by atoms with Crippen LogP contribution >= 0.6 is 11.6 Å². The summed E-state index contributed by atoms with van der Waals surface area (Å²) in [7, 11) is 7.05. The van der Waals surface area contributed by atoms with Crippen molar-refractivity contribution in [3.05, 3.63) is 52.5 Å². The van der Waals surface area contributed by atoms with Crippen LogP contribution in [0.25, 0.3) is 0 Å². The van der Waals surface area contributed by atoms with Crippen LogP contribution in [0.1, 0.15) is 11.1 Å². The molecule has 2 aromatic carbocycles. The Morgan fingerprint density at radius 1 is 1.08 bits per heavy atom. The van der Waals surface area contributed by atoms with E-state index >= 15 is 0 Å². The Labute approximate surface area is 159 Å². The first kappa shape index (κ1) is 19.9. The maximum absolute atomic E-state index is 12.3. The van der Waals surface area contributed by atoms with E-state index in [9.17, 15) is 4.79 Å². The molecule has 0 atom stereocenters. The molecular formula is C19H24ClN3O3. The van der Waals surface area contributed by atoms with Crippen LogP contribution in [-0.4, -0.2) is 39.2 Å². The number of hydrogen-bond donors (Lipinski definition) is 2. The Bertz CT molecular complexity index is 766. The molecule has 0 aliphatic rings. The van der Waals surface area contributed by atoms with E-state index in [1.807, 2.05) is 32.3 Å². The summed E-state index contributed by atoms with van der Waals surface area (Å²) >= 11 is 6.08. The van der Waals surface area contributed by atoms with Crippen LogP contribution in [-0.2, 0) is 13.1 Å². The van der Waals surface area contributed by atoms with Gasteiger partial charge in [0.2, 0.25) is 0 Å². The zero-order chi connectivity index (χ0) is 19.1. The zero-order valence-corrected chi connectivity index (χ0v) is 16.2. The highest BCUT2D eigenvalue weighted by Crippen LogP contribution is 2.35. The van der Waals surface area contributed by atoms with Gasteiger partial charge in [0.1, 0.15) is 11.5 Å². The first-order valence-electron chi connectivity index (χ1n) is 8.12. The predicted octanol–water partition coefficient (Wildman–Crippen LogP) is 3.74. The first-order chi connectivity index (χ1) is 12.4. The van der Waals surface area contributed by atoms with E-state index in [2.05, 4.69) is 21.6 Å². The first-order valence-corrected chi connectivity index (χ1v) is 8.50. The molecule has 0 aromatic heterocycles. The van der Waals surface area contributed by atoms with Gasteiger partial charge < -0.3 is 25.0 Å². The highest BCUT2D eigenvalue weighted by Gasteiger charge is 2.13. The quantitative estimate of drug-likeness (QED) is 0.771. The van der Waals surface area contributed by atoms with Gasteiger partial charge in [0.15, 0.2) is 0 Å². The molecule has 0 saturated heterocycles. The molecule has 0 saturated carbocycles. The van der Waals surface area contributed by atoms with E-state index < -0.39 is 0 Å². The number of ether oxygens (including phenoxy) is 2. The van der Waals surface area contributed by atoms with Crippen LogP contribution in [0.4, 0.5) is 10.5 Å². The summed E-state index contributed by atoms with van der Waals surface area (Å²) in [6, 6.07) is 10.9. The standard InChI is InChI=1S/C19H24ClN3O3/c1-23(2)12-14-8-6-5-7-13(14)11-21-19(24)22-16-10-17(25-3)15(20)9-18(16)26-4/h5-10H,11-12H2,1-4H3,(H2,21,22,24). The fourth-order valence-corrected chi connectivity index (χ4v) is 2.76. The number of rotatable bonds is 7. The van der Waals surface area contributed by atoms with Crippen LogP contribution in [0.2, 0.25) is 5.02 Å². The van der Waals surface area contributed by atoms with Crippen LogP contribution in [0.15, 0.2) is 36.4 Å². The predicted molar refractivity (Wildman–Crippen MR) is 104 cm³/mol. The lowest BCUT2D eigenvalue weighted by Crippen LogP contribution is -2.29. The highest BCUT2D eigenvalue weighted by molar-refractivity contribution is 6.32. The van der Waals surface area contributed by atoms with E-state index in [1.165, 1.54) is 19.8 Å². The third-order valence-corrected chi connectivity index (χ3v) is 4.06. The summed E-state index contributed by atoms with van der Waals surface area (Å²) in [6.45, 7) is 1.23.